The molecule has 0 saturated carbocycles. The lowest BCUT2D eigenvalue weighted by Gasteiger charge is -2.07. The van der Waals surface area contributed by atoms with E-state index < -0.39 is 0 Å². The van der Waals surface area contributed by atoms with Crippen LogP contribution in [-0.4, -0.2) is 15.2 Å². The van der Waals surface area contributed by atoms with Crippen LogP contribution in [0.5, 0.6) is 5.75 Å². The van der Waals surface area contributed by atoms with Crippen molar-refractivity contribution < 1.29 is 9.15 Å². The Balaban J connectivity index is 1.57. The zero-order valence-electron chi connectivity index (χ0n) is 12.7. The van der Waals surface area contributed by atoms with Crippen molar-refractivity contribution in [1.29, 1.82) is 0 Å². The Kier molecular flexibility index (Phi) is 3.92. The number of hydrogen-bond donors (Lipinski definition) is 0. The SMILES string of the molecule is Cc1nnc(-c2cccc(OCc3csc4ccnc(Cl)c34)c2)o1. The number of hydrogen-bond acceptors (Lipinski definition) is 6. The monoisotopic (exact) mass is 357 g/mol. The van der Waals surface area contributed by atoms with Crippen LogP contribution in [0.4, 0.5) is 0 Å². The second-order valence-electron chi connectivity index (χ2n) is 5.18. The fourth-order valence-electron chi connectivity index (χ4n) is 2.40. The Hall–Kier alpha value is -2.44. The number of nitrogens with zero attached hydrogens (tertiary/aromatic N) is 3. The van der Waals surface area contributed by atoms with Gasteiger partial charge in [0.05, 0.1) is 0 Å². The van der Waals surface area contributed by atoms with Gasteiger partial charge in [0.25, 0.3) is 0 Å². The number of thiophene rings is 1. The van der Waals surface area contributed by atoms with Gasteiger partial charge >= 0.3 is 0 Å². The van der Waals surface area contributed by atoms with Crippen LogP contribution in [0, 0.1) is 6.92 Å². The van der Waals surface area contributed by atoms with E-state index in [-0.39, 0.29) is 0 Å². The molecule has 0 bridgehead atoms. The molecule has 0 aliphatic heterocycles. The predicted octanol–water partition coefficient (Wildman–Crippen LogP) is 4.89. The Labute approximate surface area is 146 Å². The molecule has 0 saturated heterocycles. The van der Waals surface area contributed by atoms with Gasteiger partial charge in [-0.3, -0.25) is 0 Å². The molecule has 0 spiro atoms. The lowest BCUT2D eigenvalue weighted by molar-refractivity contribution is 0.308. The Morgan fingerprint density at radius 2 is 2.17 bits per heavy atom. The van der Waals surface area contributed by atoms with Crippen LogP contribution in [0.1, 0.15) is 11.5 Å². The average molecular weight is 358 g/mol. The topological polar surface area (TPSA) is 61.0 Å². The molecular formula is C17H12ClN3O2S. The van der Waals surface area contributed by atoms with Gasteiger partial charge in [0.1, 0.15) is 17.5 Å². The molecule has 4 aromatic rings. The number of pyridine rings is 1. The highest BCUT2D eigenvalue weighted by atomic mass is 35.5. The zero-order chi connectivity index (χ0) is 16.5. The lowest BCUT2D eigenvalue weighted by Crippen LogP contribution is -1.95. The molecule has 0 aliphatic rings. The third kappa shape index (κ3) is 2.86. The maximum absolute atomic E-state index is 6.21. The summed E-state index contributed by atoms with van der Waals surface area (Å²) in [4.78, 5) is 4.14. The number of fused-ring (bicyclic) bond motifs is 1. The van der Waals surface area contributed by atoms with E-state index in [2.05, 4.69) is 15.2 Å². The fourth-order valence-corrected chi connectivity index (χ4v) is 3.68. The van der Waals surface area contributed by atoms with Crippen LogP contribution in [0.2, 0.25) is 5.15 Å². The van der Waals surface area contributed by atoms with E-state index in [0.717, 1.165) is 27.0 Å². The van der Waals surface area contributed by atoms with Crippen molar-refractivity contribution in [3.05, 3.63) is 58.5 Å². The van der Waals surface area contributed by atoms with Crippen molar-refractivity contribution in [2.45, 2.75) is 13.5 Å². The second kappa shape index (κ2) is 6.22. The summed E-state index contributed by atoms with van der Waals surface area (Å²) in [7, 11) is 0. The molecule has 0 atom stereocenters. The van der Waals surface area contributed by atoms with Gasteiger partial charge in [-0.05, 0) is 29.6 Å². The highest BCUT2D eigenvalue weighted by Gasteiger charge is 2.11. The molecule has 0 radical (unpaired) electrons. The normalized spacial score (nSPS) is 11.1. The number of aromatic nitrogens is 3. The summed E-state index contributed by atoms with van der Waals surface area (Å²) in [5.41, 5.74) is 1.84. The Bertz CT molecular complexity index is 1010. The quantitative estimate of drug-likeness (QED) is 0.487. The summed E-state index contributed by atoms with van der Waals surface area (Å²) < 4.78 is 12.5. The largest absolute Gasteiger partial charge is 0.489 e. The summed E-state index contributed by atoms with van der Waals surface area (Å²) in [6.07, 6.45) is 1.71. The van der Waals surface area contributed by atoms with E-state index in [0.29, 0.717) is 23.5 Å². The molecule has 5 nitrogen and oxygen atoms in total. The molecule has 1 aromatic carbocycles. The van der Waals surface area contributed by atoms with E-state index in [1.807, 2.05) is 35.7 Å². The van der Waals surface area contributed by atoms with Crippen molar-refractivity contribution in [2.75, 3.05) is 0 Å². The van der Waals surface area contributed by atoms with Crippen molar-refractivity contribution in [1.82, 2.24) is 15.2 Å². The van der Waals surface area contributed by atoms with Gasteiger partial charge in [0, 0.05) is 34.3 Å². The maximum atomic E-state index is 6.21. The number of benzene rings is 1. The second-order valence-corrected chi connectivity index (χ2v) is 6.45. The molecule has 0 N–H and O–H groups in total. The highest BCUT2D eigenvalue weighted by Crippen LogP contribution is 2.31. The van der Waals surface area contributed by atoms with E-state index >= 15 is 0 Å². The summed E-state index contributed by atoms with van der Waals surface area (Å²) in [5.74, 6) is 1.73. The fraction of sp³-hybridized carbons (Fsp3) is 0.118. The van der Waals surface area contributed by atoms with E-state index in [1.165, 1.54) is 0 Å². The summed E-state index contributed by atoms with van der Waals surface area (Å²) in [5, 5.41) is 11.4. The van der Waals surface area contributed by atoms with Gasteiger partial charge < -0.3 is 9.15 Å². The molecule has 0 amide bonds. The first kappa shape index (κ1) is 15.1. The van der Waals surface area contributed by atoms with Crippen LogP contribution in [0.3, 0.4) is 0 Å². The average Bonchev–Trinajstić information content (AvgIpc) is 3.20. The molecule has 120 valence electrons. The van der Waals surface area contributed by atoms with Crippen molar-refractivity contribution >= 4 is 33.0 Å². The molecule has 3 heterocycles. The molecular weight excluding hydrogens is 346 g/mol. The van der Waals surface area contributed by atoms with E-state index in [1.54, 1.807) is 24.5 Å². The first-order valence-electron chi connectivity index (χ1n) is 7.24. The first-order valence-corrected chi connectivity index (χ1v) is 8.50. The van der Waals surface area contributed by atoms with Gasteiger partial charge in [-0.25, -0.2) is 4.98 Å². The number of ether oxygens (including phenoxy) is 1. The third-order valence-electron chi connectivity index (χ3n) is 3.52. The van der Waals surface area contributed by atoms with Gasteiger partial charge in [-0.2, -0.15) is 0 Å². The van der Waals surface area contributed by atoms with Crippen LogP contribution in [-0.2, 0) is 6.61 Å². The minimum atomic E-state index is 0.414. The minimum Gasteiger partial charge on any atom is -0.489 e. The summed E-state index contributed by atoms with van der Waals surface area (Å²) >= 11 is 7.83. The third-order valence-corrected chi connectivity index (χ3v) is 4.80. The molecule has 0 aliphatic carbocycles. The standard InChI is InChI=1S/C17H12ClN3O2S/c1-10-20-21-17(23-10)11-3-2-4-13(7-11)22-8-12-9-24-14-5-6-19-16(18)15(12)14/h2-7,9H,8H2,1H3. The smallest absolute Gasteiger partial charge is 0.247 e. The van der Waals surface area contributed by atoms with E-state index in [9.17, 15) is 0 Å². The van der Waals surface area contributed by atoms with Crippen molar-refractivity contribution in [3.63, 3.8) is 0 Å². The summed E-state index contributed by atoms with van der Waals surface area (Å²) in [6, 6.07) is 9.52. The highest BCUT2D eigenvalue weighted by molar-refractivity contribution is 7.17. The molecule has 3 aromatic heterocycles. The molecule has 4 rings (SSSR count). The zero-order valence-corrected chi connectivity index (χ0v) is 14.3. The predicted molar refractivity (Wildman–Crippen MR) is 93.4 cm³/mol. The van der Waals surface area contributed by atoms with Crippen LogP contribution >= 0.6 is 22.9 Å². The Morgan fingerprint density at radius 1 is 1.25 bits per heavy atom. The minimum absolute atomic E-state index is 0.414. The number of halogens is 1. The van der Waals surface area contributed by atoms with Gasteiger partial charge in [0.15, 0.2) is 0 Å². The lowest BCUT2D eigenvalue weighted by atomic mass is 10.2. The summed E-state index contributed by atoms with van der Waals surface area (Å²) in [6.45, 7) is 2.17. The maximum Gasteiger partial charge on any atom is 0.247 e. The molecule has 24 heavy (non-hydrogen) atoms. The van der Waals surface area contributed by atoms with Gasteiger partial charge in [-0.1, -0.05) is 17.7 Å². The van der Waals surface area contributed by atoms with Crippen molar-refractivity contribution in [2.24, 2.45) is 0 Å². The molecule has 7 heteroatoms. The van der Waals surface area contributed by atoms with E-state index in [4.69, 9.17) is 20.8 Å². The molecule has 0 fully saturated rings. The van der Waals surface area contributed by atoms with Crippen LogP contribution < -0.4 is 4.74 Å². The van der Waals surface area contributed by atoms with Crippen molar-refractivity contribution in [3.8, 4) is 17.2 Å². The Morgan fingerprint density at radius 3 is 3.00 bits per heavy atom. The van der Waals surface area contributed by atoms with Gasteiger partial charge in [0.2, 0.25) is 11.8 Å². The van der Waals surface area contributed by atoms with Crippen LogP contribution in [0.15, 0.2) is 46.3 Å². The number of rotatable bonds is 4. The van der Waals surface area contributed by atoms with Crippen LogP contribution in [0.25, 0.3) is 21.5 Å². The number of aryl methyl sites for hydroxylation is 1. The molecule has 0 unspecified atom stereocenters. The van der Waals surface area contributed by atoms with Gasteiger partial charge in [-0.15, -0.1) is 21.5 Å². The first-order chi connectivity index (χ1) is 11.7.